The quantitative estimate of drug-likeness (QED) is 0.464. The second kappa shape index (κ2) is 7.74. The third-order valence-electron chi connectivity index (χ3n) is 3.79. The summed E-state index contributed by atoms with van der Waals surface area (Å²) in [6.07, 6.45) is 4.95. The Labute approximate surface area is 154 Å². The Balaban J connectivity index is 1.96. The molecule has 0 aliphatic carbocycles. The molecule has 5 nitrogen and oxygen atoms in total. The van der Waals surface area contributed by atoms with E-state index >= 15 is 0 Å². The molecule has 0 unspecified atom stereocenters. The Hall–Kier alpha value is -1.96. The number of fused-ring (bicyclic) bond motifs is 1. The van der Waals surface area contributed by atoms with Crippen LogP contribution in [0, 0.1) is 3.57 Å². The topological polar surface area (TPSA) is 59.8 Å². The van der Waals surface area contributed by atoms with Crippen molar-refractivity contribution in [3.05, 3.63) is 56.5 Å². The van der Waals surface area contributed by atoms with Gasteiger partial charge in [0.2, 0.25) is 5.95 Å². The van der Waals surface area contributed by atoms with Crippen molar-refractivity contribution in [3.8, 4) is 0 Å². The summed E-state index contributed by atoms with van der Waals surface area (Å²) in [5.74, 6) is 0.499. The van der Waals surface area contributed by atoms with Gasteiger partial charge in [0, 0.05) is 33.5 Å². The molecule has 0 atom stereocenters. The number of aryl methyl sites for hydroxylation is 1. The van der Waals surface area contributed by atoms with Crippen molar-refractivity contribution in [2.24, 2.45) is 0 Å². The molecule has 0 bridgehead atoms. The predicted octanol–water partition coefficient (Wildman–Crippen LogP) is 4.33. The predicted molar refractivity (Wildman–Crippen MR) is 106 cm³/mol. The summed E-state index contributed by atoms with van der Waals surface area (Å²) in [5, 5.41) is 4.08. The number of nitrogens with one attached hydrogen (secondary N) is 1. The summed E-state index contributed by atoms with van der Waals surface area (Å²) < 4.78 is 2.88. The van der Waals surface area contributed by atoms with Crippen molar-refractivity contribution in [1.29, 1.82) is 0 Å². The summed E-state index contributed by atoms with van der Waals surface area (Å²) >= 11 is 2.26. The van der Waals surface area contributed by atoms with Crippen molar-refractivity contribution in [2.45, 2.75) is 32.7 Å². The average molecular weight is 434 g/mol. The lowest BCUT2D eigenvalue weighted by Gasteiger charge is -2.11. The third kappa shape index (κ3) is 3.92. The number of unbranched alkanes of at least 4 members (excludes halogenated alkanes) is 2. The first-order chi connectivity index (χ1) is 11.7. The molecule has 0 spiro atoms. The van der Waals surface area contributed by atoms with Gasteiger partial charge in [-0.15, -0.1) is 0 Å². The van der Waals surface area contributed by atoms with Gasteiger partial charge in [-0.05, 0) is 53.3 Å². The molecule has 3 rings (SSSR count). The molecule has 6 heteroatoms. The van der Waals surface area contributed by atoms with E-state index in [2.05, 4.69) is 44.8 Å². The Morgan fingerprint density at radius 3 is 2.88 bits per heavy atom. The minimum absolute atomic E-state index is 0.0162. The molecule has 2 aromatic heterocycles. The molecule has 3 aromatic rings. The first kappa shape index (κ1) is 16.9. The van der Waals surface area contributed by atoms with E-state index in [0.717, 1.165) is 33.9 Å². The fourth-order valence-corrected chi connectivity index (χ4v) is 3.11. The van der Waals surface area contributed by atoms with Crippen molar-refractivity contribution in [3.63, 3.8) is 0 Å². The van der Waals surface area contributed by atoms with Crippen LogP contribution < -0.4 is 10.9 Å². The number of pyridine rings is 1. The molecule has 0 aliphatic heterocycles. The van der Waals surface area contributed by atoms with E-state index in [1.165, 1.54) is 0 Å². The summed E-state index contributed by atoms with van der Waals surface area (Å²) in [7, 11) is 0. The maximum atomic E-state index is 12.2. The van der Waals surface area contributed by atoms with Crippen LogP contribution in [0.5, 0.6) is 0 Å². The second-order valence-corrected chi connectivity index (χ2v) is 6.88. The lowest BCUT2D eigenvalue weighted by atomic mass is 10.2. The van der Waals surface area contributed by atoms with Crippen LogP contribution in [0.25, 0.3) is 11.0 Å². The Bertz CT molecular complexity index is 907. The van der Waals surface area contributed by atoms with Crippen LogP contribution in [-0.2, 0) is 6.54 Å². The van der Waals surface area contributed by atoms with Gasteiger partial charge in [-0.25, -0.2) is 4.98 Å². The van der Waals surface area contributed by atoms with E-state index in [-0.39, 0.29) is 5.56 Å². The molecule has 124 valence electrons. The first-order valence-corrected chi connectivity index (χ1v) is 9.14. The van der Waals surface area contributed by atoms with E-state index in [1.54, 1.807) is 22.9 Å². The first-order valence-electron chi connectivity index (χ1n) is 8.06. The Morgan fingerprint density at radius 2 is 2.08 bits per heavy atom. The molecule has 24 heavy (non-hydrogen) atoms. The van der Waals surface area contributed by atoms with Crippen molar-refractivity contribution in [1.82, 2.24) is 14.5 Å². The molecular weight excluding hydrogens is 415 g/mol. The number of benzene rings is 1. The molecular formula is C18H19IN4O. The lowest BCUT2D eigenvalue weighted by Crippen LogP contribution is -2.20. The highest BCUT2D eigenvalue weighted by Crippen LogP contribution is 2.18. The zero-order valence-corrected chi connectivity index (χ0v) is 15.7. The molecule has 2 heterocycles. The summed E-state index contributed by atoms with van der Waals surface area (Å²) in [6.45, 7) is 2.83. The fraction of sp³-hybridized carbons (Fsp3) is 0.278. The number of hydrogen-bond acceptors (Lipinski definition) is 4. The van der Waals surface area contributed by atoms with Gasteiger partial charge in [0.05, 0.1) is 0 Å². The number of rotatable bonds is 6. The molecule has 0 amide bonds. The summed E-state index contributed by atoms with van der Waals surface area (Å²) in [4.78, 5) is 21.2. The van der Waals surface area contributed by atoms with Crippen LogP contribution in [-0.4, -0.2) is 14.5 Å². The molecule has 0 fully saturated rings. The molecule has 1 N–H and O–H groups in total. The van der Waals surface area contributed by atoms with Crippen LogP contribution in [0.3, 0.4) is 0 Å². The average Bonchev–Trinajstić information content (AvgIpc) is 2.57. The standard InChI is InChI=1S/C18H19IN4O/c1-2-3-4-10-23-16(24)9-8-13-12-20-18(22-17(13)23)21-15-7-5-6-14(19)11-15/h5-9,11-12H,2-4,10H2,1H3,(H,20,21,22). The van der Waals surface area contributed by atoms with Crippen molar-refractivity contribution in [2.75, 3.05) is 5.32 Å². The van der Waals surface area contributed by atoms with Crippen LogP contribution in [0.1, 0.15) is 26.2 Å². The van der Waals surface area contributed by atoms with E-state index in [0.29, 0.717) is 18.1 Å². The maximum absolute atomic E-state index is 12.2. The minimum atomic E-state index is -0.0162. The highest BCUT2D eigenvalue weighted by atomic mass is 127. The maximum Gasteiger partial charge on any atom is 0.252 e. The van der Waals surface area contributed by atoms with Gasteiger partial charge in [0.15, 0.2) is 0 Å². The summed E-state index contributed by atoms with van der Waals surface area (Å²) in [6, 6.07) is 11.4. The largest absolute Gasteiger partial charge is 0.324 e. The zero-order valence-electron chi connectivity index (χ0n) is 13.5. The lowest BCUT2D eigenvalue weighted by molar-refractivity contribution is 0.599. The molecule has 0 saturated heterocycles. The number of anilines is 2. The van der Waals surface area contributed by atoms with Gasteiger partial charge in [-0.1, -0.05) is 25.8 Å². The monoisotopic (exact) mass is 434 g/mol. The van der Waals surface area contributed by atoms with Crippen LogP contribution in [0.15, 0.2) is 47.4 Å². The SMILES string of the molecule is CCCCCn1c(=O)ccc2cnc(Nc3cccc(I)c3)nc21. The van der Waals surface area contributed by atoms with Gasteiger partial charge in [-0.3, -0.25) is 9.36 Å². The van der Waals surface area contributed by atoms with Crippen molar-refractivity contribution < 1.29 is 0 Å². The highest BCUT2D eigenvalue weighted by molar-refractivity contribution is 14.1. The minimum Gasteiger partial charge on any atom is -0.324 e. The van der Waals surface area contributed by atoms with Crippen molar-refractivity contribution >= 4 is 45.3 Å². The van der Waals surface area contributed by atoms with Crippen LogP contribution in [0.4, 0.5) is 11.6 Å². The number of halogens is 1. The Morgan fingerprint density at radius 1 is 1.21 bits per heavy atom. The van der Waals surface area contributed by atoms with E-state index in [9.17, 15) is 4.79 Å². The third-order valence-corrected chi connectivity index (χ3v) is 4.46. The fourth-order valence-electron chi connectivity index (χ4n) is 2.56. The molecule has 1 aromatic carbocycles. The van der Waals surface area contributed by atoms with Gasteiger partial charge >= 0.3 is 0 Å². The second-order valence-electron chi connectivity index (χ2n) is 5.64. The van der Waals surface area contributed by atoms with Crippen LogP contribution >= 0.6 is 22.6 Å². The Kier molecular flexibility index (Phi) is 5.44. The van der Waals surface area contributed by atoms with Gasteiger partial charge in [0.1, 0.15) is 5.65 Å². The smallest absolute Gasteiger partial charge is 0.252 e. The molecule has 0 radical (unpaired) electrons. The van der Waals surface area contributed by atoms with E-state index in [4.69, 9.17) is 0 Å². The van der Waals surface area contributed by atoms with Crippen LogP contribution in [0.2, 0.25) is 0 Å². The summed E-state index contributed by atoms with van der Waals surface area (Å²) in [5.41, 5.74) is 1.59. The van der Waals surface area contributed by atoms with Gasteiger partial charge in [0.25, 0.3) is 5.56 Å². The number of aromatic nitrogens is 3. The van der Waals surface area contributed by atoms with Gasteiger partial charge < -0.3 is 5.32 Å². The van der Waals surface area contributed by atoms with E-state index in [1.807, 2.05) is 24.3 Å². The zero-order chi connectivity index (χ0) is 16.9. The molecule has 0 saturated carbocycles. The number of hydrogen-bond donors (Lipinski definition) is 1. The highest BCUT2D eigenvalue weighted by Gasteiger charge is 2.07. The van der Waals surface area contributed by atoms with Gasteiger partial charge in [-0.2, -0.15) is 4.98 Å². The number of nitrogens with zero attached hydrogens (tertiary/aromatic N) is 3. The normalized spacial score (nSPS) is 10.9. The van der Waals surface area contributed by atoms with E-state index < -0.39 is 0 Å². The molecule has 0 aliphatic rings.